The molecule has 0 aliphatic carbocycles. The first-order chi connectivity index (χ1) is 7.58. The van der Waals surface area contributed by atoms with Gasteiger partial charge in [-0.1, -0.05) is 15.9 Å². The molecule has 1 rings (SSSR count). The van der Waals surface area contributed by atoms with E-state index in [0.717, 1.165) is 10.2 Å². The Labute approximate surface area is 103 Å². The molecular weight excluding hydrogens is 274 g/mol. The Morgan fingerprint density at radius 2 is 2.12 bits per heavy atom. The SMILES string of the molecule is C[C@H](CNCC(=O)O)Oc1ccc(Br)cc1. The Hall–Kier alpha value is -1.07. The van der Waals surface area contributed by atoms with E-state index in [0.29, 0.717) is 6.54 Å². The Morgan fingerprint density at radius 1 is 1.50 bits per heavy atom. The highest BCUT2D eigenvalue weighted by molar-refractivity contribution is 9.10. The van der Waals surface area contributed by atoms with Crippen LogP contribution in [-0.2, 0) is 4.79 Å². The van der Waals surface area contributed by atoms with Crippen LogP contribution in [-0.4, -0.2) is 30.3 Å². The summed E-state index contributed by atoms with van der Waals surface area (Å²) in [6, 6.07) is 7.51. The van der Waals surface area contributed by atoms with Crippen molar-refractivity contribution in [2.24, 2.45) is 0 Å². The maximum atomic E-state index is 10.3. The summed E-state index contributed by atoms with van der Waals surface area (Å²) < 4.78 is 6.57. The average molecular weight is 288 g/mol. The summed E-state index contributed by atoms with van der Waals surface area (Å²) in [7, 11) is 0. The van der Waals surface area contributed by atoms with Crippen LogP contribution in [0.15, 0.2) is 28.7 Å². The number of hydrogen-bond acceptors (Lipinski definition) is 3. The van der Waals surface area contributed by atoms with Crippen molar-refractivity contribution in [3.63, 3.8) is 0 Å². The predicted octanol–water partition coefficient (Wildman–Crippen LogP) is 1.89. The van der Waals surface area contributed by atoms with E-state index in [9.17, 15) is 4.79 Å². The molecule has 0 fully saturated rings. The number of aliphatic carboxylic acids is 1. The lowest BCUT2D eigenvalue weighted by Gasteiger charge is -2.14. The second-order valence-electron chi connectivity index (χ2n) is 3.41. The minimum Gasteiger partial charge on any atom is -0.489 e. The summed E-state index contributed by atoms with van der Waals surface area (Å²) >= 11 is 3.34. The van der Waals surface area contributed by atoms with Gasteiger partial charge in [0.05, 0.1) is 6.54 Å². The van der Waals surface area contributed by atoms with Gasteiger partial charge in [0.15, 0.2) is 0 Å². The minimum absolute atomic E-state index is 0.0476. The molecule has 0 aliphatic rings. The van der Waals surface area contributed by atoms with Crippen LogP contribution in [0.4, 0.5) is 0 Å². The van der Waals surface area contributed by atoms with Crippen molar-refractivity contribution in [2.45, 2.75) is 13.0 Å². The van der Waals surface area contributed by atoms with Crippen molar-refractivity contribution < 1.29 is 14.6 Å². The van der Waals surface area contributed by atoms with Gasteiger partial charge in [-0.25, -0.2) is 0 Å². The molecule has 1 atom stereocenters. The fraction of sp³-hybridized carbons (Fsp3) is 0.364. The Balaban J connectivity index is 2.31. The molecule has 4 nitrogen and oxygen atoms in total. The van der Waals surface area contributed by atoms with Crippen LogP contribution in [0.1, 0.15) is 6.92 Å². The van der Waals surface area contributed by atoms with E-state index in [1.165, 1.54) is 0 Å². The van der Waals surface area contributed by atoms with E-state index >= 15 is 0 Å². The van der Waals surface area contributed by atoms with E-state index in [1.54, 1.807) is 0 Å². The monoisotopic (exact) mass is 287 g/mol. The van der Waals surface area contributed by atoms with Gasteiger partial charge in [-0.3, -0.25) is 4.79 Å². The zero-order valence-corrected chi connectivity index (χ0v) is 10.5. The third-order valence-electron chi connectivity index (χ3n) is 1.86. The van der Waals surface area contributed by atoms with Crippen LogP contribution in [0, 0.1) is 0 Å². The molecule has 5 heteroatoms. The number of halogens is 1. The number of hydrogen-bond donors (Lipinski definition) is 2. The van der Waals surface area contributed by atoms with Gasteiger partial charge in [-0.15, -0.1) is 0 Å². The molecule has 1 aromatic rings. The molecule has 16 heavy (non-hydrogen) atoms. The summed E-state index contributed by atoms with van der Waals surface area (Å²) in [5, 5.41) is 11.2. The highest BCUT2D eigenvalue weighted by Crippen LogP contribution is 2.16. The molecule has 0 unspecified atom stereocenters. The van der Waals surface area contributed by atoms with E-state index in [4.69, 9.17) is 9.84 Å². The molecule has 88 valence electrons. The van der Waals surface area contributed by atoms with E-state index in [2.05, 4.69) is 21.2 Å². The molecule has 0 spiro atoms. The lowest BCUT2D eigenvalue weighted by atomic mass is 10.3. The van der Waals surface area contributed by atoms with Gasteiger partial charge in [-0.05, 0) is 31.2 Å². The van der Waals surface area contributed by atoms with Crippen molar-refractivity contribution in [1.29, 1.82) is 0 Å². The second-order valence-corrected chi connectivity index (χ2v) is 4.32. The molecule has 2 N–H and O–H groups in total. The molecule has 0 saturated carbocycles. The van der Waals surface area contributed by atoms with E-state index < -0.39 is 5.97 Å². The maximum absolute atomic E-state index is 10.3. The number of nitrogens with one attached hydrogen (secondary N) is 1. The van der Waals surface area contributed by atoms with E-state index in [-0.39, 0.29) is 12.6 Å². The summed E-state index contributed by atoms with van der Waals surface area (Å²) in [5.74, 6) is -0.0938. The van der Waals surface area contributed by atoms with Gasteiger partial charge >= 0.3 is 5.97 Å². The van der Waals surface area contributed by atoms with Gasteiger partial charge in [0.25, 0.3) is 0 Å². The Bertz CT molecular complexity index is 340. The van der Waals surface area contributed by atoms with E-state index in [1.807, 2.05) is 31.2 Å². The molecule has 0 saturated heterocycles. The molecule has 1 aromatic carbocycles. The topological polar surface area (TPSA) is 58.6 Å². The standard InChI is InChI=1S/C11H14BrNO3/c1-8(6-13-7-11(14)15)16-10-4-2-9(12)3-5-10/h2-5,8,13H,6-7H2,1H3,(H,14,15)/t8-/m1/s1. The molecule has 0 heterocycles. The Kier molecular flexibility index (Phi) is 5.28. The summed E-state index contributed by atoms with van der Waals surface area (Å²) in [6.07, 6.45) is -0.0690. The lowest BCUT2D eigenvalue weighted by molar-refractivity contribution is -0.136. The number of rotatable bonds is 6. The average Bonchev–Trinajstić information content (AvgIpc) is 2.21. The molecule has 0 radical (unpaired) electrons. The molecule has 0 aromatic heterocycles. The van der Waals surface area contributed by atoms with Gasteiger partial charge in [0.1, 0.15) is 11.9 Å². The molecule has 0 bridgehead atoms. The third-order valence-corrected chi connectivity index (χ3v) is 2.39. The van der Waals surface area contributed by atoms with Crippen molar-refractivity contribution >= 4 is 21.9 Å². The van der Waals surface area contributed by atoms with Gasteiger partial charge in [-0.2, -0.15) is 0 Å². The van der Waals surface area contributed by atoms with Crippen molar-refractivity contribution in [2.75, 3.05) is 13.1 Å². The van der Waals surface area contributed by atoms with Crippen LogP contribution in [0.5, 0.6) is 5.75 Å². The van der Waals surface area contributed by atoms with Crippen LogP contribution in [0.2, 0.25) is 0 Å². The first-order valence-electron chi connectivity index (χ1n) is 4.92. The number of benzene rings is 1. The van der Waals surface area contributed by atoms with Crippen molar-refractivity contribution in [1.82, 2.24) is 5.32 Å². The number of carbonyl (C=O) groups is 1. The molecular formula is C11H14BrNO3. The van der Waals surface area contributed by atoms with Crippen molar-refractivity contribution in [3.05, 3.63) is 28.7 Å². The van der Waals surface area contributed by atoms with Gasteiger partial charge in [0, 0.05) is 11.0 Å². The Morgan fingerprint density at radius 3 is 2.69 bits per heavy atom. The second kappa shape index (κ2) is 6.50. The van der Waals surface area contributed by atoms with Crippen LogP contribution < -0.4 is 10.1 Å². The maximum Gasteiger partial charge on any atom is 0.317 e. The predicted molar refractivity (Wildman–Crippen MR) is 64.7 cm³/mol. The van der Waals surface area contributed by atoms with Crippen LogP contribution in [0.3, 0.4) is 0 Å². The highest BCUT2D eigenvalue weighted by atomic mass is 79.9. The smallest absolute Gasteiger partial charge is 0.317 e. The minimum atomic E-state index is -0.865. The lowest BCUT2D eigenvalue weighted by Crippen LogP contribution is -2.32. The zero-order chi connectivity index (χ0) is 12.0. The number of carboxylic acid groups (broad SMARTS) is 1. The highest BCUT2D eigenvalue weighted by Gasteiger charge is 2.04. The van der Waals surface area contributed by atoms with Gasteiger partial charge in [0.2, 0.25) is 0 Å². The summed E-state index contributed by atoms with van der Waals surface area (Å²) in [4.78, 5) is 10.3. The van der Waals surface area contributed by atoms with Crippen LogP contribution >= 0.6 is 15.9 Å². The number of carboxylic acids is 1. The quantitative estimate of drug-likeness (QED) is 0.839. The largest absolute Gasteiger partial charge is 0.489 e. The number of ether oxygens (including phenoxy) is 1. The zero-order valence-electron chi connectivity index (χ0n) is 8.94. The first-order valence-corrected chi connectivity index (χ1v) is 5.72. The molecule has 0 aliphatic heterocycles. The summed E-state index contributed by atoms with van der Waals surface area (Å²) in [5.41, 5.74) is 0. The molecule has 0 amide bonds. The van der Waals surface area contributed by atoms with Crippen molar-refractivity contribution in [3.8, 4) is 5.75 Å². The van der Waals surface area contributed by atoms with Gasteiger partial charge < -0.3 is 15.2 Å². The fourth-order valence-corrected chi connectivity index (χ4v) is 1.43. The third kappa shape index (κ3) is 5.14. The van der Waals surface area contributed by atoms with Crippen LogP contribution in [0.25, 0.3) is 0 Å². The fourth-order valence-electron chi connectivity index (χ4n) is 1.17. The first kappa shape index (κ1) is 13.0. The normalized spacial score (nSPS) is 12.1. The summed E-state index contributed by atoms with van der Waals surface area (Å²) in [6.45, 7) is 2.34.